The van der Waals surface area contributed by atoms with E-state index in [0.717, 1.165) is 30.1 Å². The molecule has 2 saturated carbocycles. The maximum Gasteiger partial charge on any atom is 0.165 e. The SMILES string of the molecule is CCCC1CCC(C(=O)c2ccc(OC3CC3)cc2)CC1. The van der Waals surface area contributed by atoms with Crippen molar-refractivity contribution in [2.24, 2.45) is 11.8 Å². The third kappa shape index (κ3) is 3.87. The molecule has 2 nitrogen and oxygen atoms in total. The zero-order valence-corrected chi connectivity index (χ0v) is 13.0. The Hall–Kier alpha value is -1.31. The molecular formula is C19H26O2. The van der Waals surface area contributed by atoms with Crippen LogP contribution in [0.15, 0.2) is 24.3 Å². The van der Waals surface area contributed by atoms with Gasteiger partial charge in [-0.3, -0.25) is 4.79 Å². The first kappa shape index (κ1) is 14.6. The molecule has 0 heterocycles. The highest BCUT2D eigenvalue weighted by Gasteiger charge is 2.27. The lowest BCUT2D eigenvalue weighted by molar-refractivity contribution is 0.0870. The highest BCUT2D eigenvalue weighted by Crippen LogP contribution is 2.34. The highest BCUT2D eigenvalue weighted by molar-refractivity contribution is 5.98. The van der Waals surface area contributed by atoms with Gasteiger partial charge < -0.3 is 4.74 Å². The second kappa shape index (κ2) is 6.64. The molecule has 2 heteroatoms. The quantitative estimate of drug-likeness (QED) is 0.687. The Morgan fingerprint density at radius 3 is 2.29 bits per heavy atom. The molecule has 114 valence electrons. The Balaban J connectivity index is 1.55. The van der Waals surface area contributed by atoms with E-state index in [1.165, 1.54) is 38.5 Å². The van der Waals surface area contributed by atoms with Gasteiger partial charge in [0.25, 0.3) is 0 Å². The number of hydrogen-bond acceptors (Lipinski definition) is 2. The normalized spacial score (nSPS) is 25.6. The number of ketones is 1. The summed E-state index contributed by atoms with van der Waals surface area (Å²) in [7, 11) is 0. The van der Waals surface area contributed by atoms with Crippen LogP contribution in [0.5, 0.6) is 5.75 Å². The van der Waals surface area contributed by atoms with E-state index < -0.39 is 0 Å². The summed E-state index contributed by atoms with van der Waals surface area (Å²) in [5.41, 5.74) is 0.858. The van der Waals surface area contributed by atoms with Crippen LogP contribution in [0, 0.1) is 11.8 Å². The number of rotatable bonds is 6. The second-order valence-electron chi connectivity index (χ2n) is 6.71. The van der Waals surface area contributed by atoms with Crippen molar-refractivity contribution in [3.05, 3.63) is 29.8 Å². The number of ether oxygens (including phenoxy) is 1. The molecule has 0 amide bonds. The van der Waals surface area contributed by atoms with Crippen molar-refractivity contribution < 1.29 is 9.53 Å². The molecule has 3 rings (SSSR count). The van der Waals surface area contributed by atoms with Crippen LogP contribution < -0.4 is 4.74 Å². The molecule has 0 N–H and O–H groups in total. The first-order valence-corrected chi connectivity index (χ1v) is 8.57. The zero-order valence-electron chi connectivity index (χ0n) is 13.0. The molecule has 1 aromatic carbocycles. The number of benzene rings is 1. The van der Waals surface area contributed by atoms with E-state index in [0.29, 0.717) is 11.9 Å². The fraction of sp³-hybridized carbons (Fsp3) is 0.632. The molecule has 2 aliphatic rings. The summed E-state index contributed by atoms with van der Waals surface area (Å²) >= 11 is 0. The van der Waals surface area contributed by atoms with Crippen molar-refractivity contribution in [2.75, 3.05) is 0 Å². The van der Waals surface area contributed by atoms with Crippen LogP contribution in [-0.2, 0) is 0 Å². The Bertz CT molecular complexity index is 465. The molecule has 0 bridgehead atoms. The minimum atomic E-state index is 0.244. The molecule has 0 aromatic heterocycles. The topological polar surface area (TPSA) is 26.3 Å². The van der Waals surface area contributed by atoms with Crippen molar-refractivity contribution in [3.8, 4) is 5.75 Å². The number of carbonyl (C=O) groups is 1. The summed E-state index contributed by atoms with van der Waals surface area (Å²) in [5, 5.41) is 0. The van der Waals surface area contributed by atoms with E-state index in [4.69, 9.17) is 4.74 Å². The van der Waals surface area contributed by atoms with Crippen LogP contribution >= 0.6 is 0 Å². The Morgan fingerprint density at radius 1 is 1.05 bits per heavy atom. The van der Waals surface area contributed by atoms with Gasteiger partial charge >= 0.3 is 0 Å². The summed E-state index contributed by atoms with van der Waals surface area (Å²) in [5.74, 6) is 2.34. The van der Waals surface area contributed by atoms with Crippen molar-refractivity contribution in [2.45, 2.75) is 64.4 Å². The largest absolute Gasteiger partial charge is 0.490 e. The minimum absolute atomic E-state index is 0.244. The summed E-state index contributed by atoms with van der Waals surface area (Å²) in [6, 6.07) is 7.79. The van der Waals surface area contributed by atoms with Crippen molar-refractivity contribution in [1.82, 2.24) is 0 Å². The van der Waals surface area contributed by atoms with Gasteiger partial charge in [0.1, 0.15) is 5.75 Å². The van der Waals surface area contributed by atoms with Crippen molar-refractivity contribution >= 4 is 5.78 Å². The predicted molar refractivity (Wildman–Crippen MR) is 84.8 cm³/mol. The van der Waals surface area contributed by atoms with E-state index in [1.807, 2.05) is 24.3 Å². The smallest absolute Gasteiger partial charge is 0.165 e. The van der Waals surface area contributed by atoms with Gasteiger partial charge in [-0.2, -0.15) is 0 Å². The lowest BCUT2D eigenvalue weighted by Crippen LogP contribution is -2.22. The van der Waals surface area contributed by atoms with Gasteiger partial charge in [-0.1, -0.05) is 19.8 Å². The molecule has 0 radical (unpaired) electrons. The molecule has 2 fully saturated rings. The number of carbonyl (C=O) groups excluding carboxylic acids is 1. The van der Waals surface area contributed by atoms with Crippen LogP contribution in [0.2, 0.25) is 0 Å². The standard InChI is InChI=1S/C19H26O2/c1-2-3-14-4-6-15(7-5-14)19(20)16-8-10-17(11-9-16)21-18-12-13-18/h8-11,14-15,18H,2-7,12-13H2,1H3. The van der Waals surface area contributed by atoms with E-state index in [9.17, 15) is 4.79 Å². The van der Waals surface area contributed by atoms with Gasteiger partial charge in [-0.05, 0) is 68.7 Å². The maximum absolute atomic E-state index is 12.6. The first-order valence-electron chi connectivity index (χ1n) is 8.57. The van der Waals surface area contributed by atoms with E-state index in [2.05, 4.69) is 6.92 Å². The minimum Gasteiger partial charge on any atom is -0.490 e. The predicted octanol–water partition coefficient (Wildman–Crippen LogP) is 5.02. The summed E-state index contributed by atoms with van der Waals surface area (Å²) in [6.07, 6.45) is 9.96. The van der Waals surface area contributed by atoms with Crippen LogP contribution in [0.1, 0.15) is 68.6 Å². The molecule has 0 aliphatic heterocycles. The highest BCUT2D eigenvalue weighted by atomic mass is 16.5. The van der Waals surface area contributed by atoms with E-state index in [1.54, 1.807) is 0 Å². The van der Waals surface area contributed by atoms with Crippen LogP contribution in [-0.4, -0.2) is 11.9 Å². The molecule has 1 aromatic rings. The number of Topliss-reactive ketones (excluding diaryl/α,β-unsaturated/α-hetero) is 1. The Labute approximate surface area is 127 Å². The van der Waals surface area contributed by atoms with Crippen LogP contribution in [0.4, 0.5) is 0 Å². The summed E-state index contributed by atoms with van der Waals surface area (Å²) in [6.45, 7) is 2.25. The summed E-state index contributed by atoms with van der Waals surface area (Å²) < 4.78 is 5.74. The van der Waals surface area contributed by atoms with Gasteiger partial charge in [0.05, 0.1) is 6.10 Å². The second-order valence-corrected chi connectivity index (χ2v) is 6.71. The summed E-state index contributed by atoms with van der Waals surface area (Å²) in [4.78, 5) is 12.6. The van der Waals surface area contributed by atoms with Crippen molar-refractivity contribution in [3.63, 3.8) is 0 Å². The average molecular weight is 286 g/mol. The van der Waals surface area contributed by atoms with Crippen LogP contribution in [0.3, 0.4) is 0 Å². The zero-order chi connectivity index (χ0) is 14.7. The van der Waals surface area contributed by atoms with E-state index in [-0.39, 0.29) is 5.92 Å². The van der Waals surface area contributed by atoms with Gasteiger partial charge in [0.15, 0.2) is 5.78 Å². The van der Waals surface area contributed by atoms with Gasteiger partial charge in [-0.15, -0.1) is 0 Å². The Morgan fingerprint density at radius 2 is 1.71 bits per heavy atom. The lowest BCUT2D eigenvalue weighted by atomic mass is 9.77. The molecule has 0 atom stereocenters. The maximum atomic E-state index is 12.6. The third-order valence-corrected chi connectivity index (χ3v) is 4.88. The van der Waals surface area contributed by atoms with Crippen LogP contribution in [0.25, 0.3) is 0 Å². The molecule has 0 unspecified atom stereocenters. The molecular weight excluding hydrogens is 260 g/mol. The number of hydrogen-bond donors (Lipinski definition) is 0. The molecule has 0 spiro atoms. The molecule has 21 heavy (non-hydrogen) atoms. The lowest BCUT2D eigenvalue weighted by Gasteiger charge is -2.27. The molecule has 0 saturated heterocycles. The monoisotopic (exact) mass is 286 g/mol. The fourth-order valence-corrected chi connectivity index (χ4v) is 3.43. The van der Waals surface area contributed by atoms with Gasteiger partial charge in [0, 0.05) is 11.5 Å². The van der Waals surface area contributed by atoms with Gasteiger partial charge in [-0.25, -0.2) is 0 Å². The molecule has 2 aliphatic carbocycles. The van der Waals surface area contributed by atoms with Crippen molar-refractivity contribution in [1.29, 1.82) is 0 Å². The third-order valence-electron chi connectivity index (χ3n) is 4.88. The van der Waals surface area contributed by atoms with Gasteiger partial charge in [0.2, 0.25) is 0 Å². The Kier molecular flexibility index (Phi) is 4.62. The average Bonchev–Trinajstić information content (AvgIpc) is 3.32. The van der Waals surface area contributed by atoms with E-state index >= 15 is 0 Å². The fourth-order valence-electron chi connectivity index (χ4n) is 3.43. The first-order chi connectivity index (χ1) is 10.3.